The summed E-state index contributed by atoms with van der Waals surface area (Å²) in [6.07, 6.45) is 19.0. The number of hydrogen-bond acceptors (Lipinski definition) is 0. The minimum absolute atomic E-state index is 0. The first-order valence-electron chi connectivity index (χ1n) is 3.63. The van der Waals surface area contributed by atoms with Crippen LogP contribution >= 0.6 is 0 Å². The van der Waals surface area contributed by atoms with E-state index in [2.05, 4.69) is 48.6 Å². The monoisotopic (exact) mass is 324 g/mol. The minimum Gasteiger partial charge on any atom is -0.0808 e. The molecule has 2 rings (SSSR count). The molecule has 0 aromatic carbocycles. The molecule has 0 unspecified atom stereocenters. The van der Waals surface area contributed by atoms with Crippen LogP contribution in [0.5, 0.6) is 0 Å². The van der Waals surface area contributed by atoms with Crippen molar-refractivity contribution in [1.29, 1.82) is 0 Å². The molecular formula is C10H12Os. The molecule has 0 aliphatic heterocycles. The van der Waals surface area contributed by atoms with Crippen LogP contribution in [0.2, 0.25) is 0 Å². The van der Waals surface area contributed by atoms with Crippen LogP contribution in [0.4, 0.5) is 0 Å². The van der Waals surface area contributed by atoms with Crippen LogP contribution in [0.3, 0.4) is 0 Å². The van der Waals surface area contributed by atoms with Crippen molar-refractivity contribution in [1.82, 2.24) is 0 Å². The Balaban J connectivity index is 0.000000167. The third-order valence-corrected chi connectivity index (χ3v) is 1.31. The molecule has 0 saturated carbocycles. The smallest absolute Gasteiger partial charge is 0 e. The molecule has 11 heavy (non-hydrogen) atoms. The van der Waals surface area contributed by atoms with Gasteiger partial charge in [0.25, 0.3) is 0 Å². The van der Waals surface area contributed by atoms with E-state index in [-0.39, 0.29) is 19.8 Å². The van der Waals surface area contributed by atoms with Gasteiger partial charge in [-0.25, -0.2) is 0 Å². The molecule has 0 fully saturated rings. The molecule has 0 heterocycles. The molecular weight excluding hydrogens is 310 g/mol. The SMILES string of the molecule is C1=CCC=C1.C1=CCC=C1.[Os]. The van der Waals surface area contributed by atoms with E-state index in [0.29, 0.717) is 0 Å². The van der Waals surface area contributed by atoms with Gasteiger partial charge in [-0.3, -0.25) is 0 Å². The van der Waals surface area contributed by atoms with Crippen LogP contribution in [0.1, 0.15) is 12.8 Å². The zero-order chi connectivity index (χ0) is 7.07. The van der Waals surface area contributed by atoms with E-state index < -0.39 is 0 Å². The fraction of sp³-hybridized carbons (Fsp3) is 0.200. The zero-order valence-corrected chi connectivity index (χ0v) is 8.93. The van der Waals surface area contributed by atoms with Crippen molar-refractivity contribution in [2.75, 3.05) is 0 Å². The maximum atomic E-state index is 2.12. The maximum absolute atomic E-state index is 2.12. The van der Waals surface area contributed by atoms with E-state index in [1.54, 1.807) is 0 Å². The van der Waals surface area contributed by atoms with Gasteiger partial charge in [-0.15, -0.1) is 0 Å². The Bertz CT molecular complexity index is 143. The number of rotatable bonds is 0. The van der Waals surface area contributed by atoms with E-state index in [0.717, 1.165) is 12.8 Å². The summed E-state index contributed by atoms with van der Waals surface area (Å²) in [5.74, 6) is 0. The first-order chi connectivity index (χ1) is 5.00. The van der Waals surface area contributed by atoms with Crippen LogP contribution in [0.15, 0.2) is 48.6 Å². The second kappa shape index (κ2) is 7.70. The maximum Gasteiger partial charge on any atom is 0 e. The third kappa shape index (κ3) is 6.01. The average Bonchev–Trinajstić information content (AvgIpc) is 2.67. The molecule has 2 aliphatic carbocycles. The first-order valence-corrected chi connectivity index (χ1v) is 3.63. The van der Waals surface area contributed by atoms with Crippen molar-refractivity contribution in [3.8, 4) is 0 Å². The van der Waals surface area contributed by atoms with Crippen LogP contribution < -0.4 is 0 Å². The van der Waals surface area contributed by atoms with E-state index in [9.17, 15) is 0 Å². The van der Waals surface area contributed by atoms with Crippen LogP contribution in [0, 0.1) is 0 Å². The van der Waals surface area contributed by atoms with E-state index in [1.807, 2.05) is 0 Å². The summed E-state index contributed by atoms with van der Waals surface area (Å²) >= 11 is 0. The Labute approximate surface area is 81.4 Å². The quantitative estimate of drug-likeness (QED) is 0.643. The van der Waals surface area contributed by atoms with E-state index >= 15 is 0 Å². The first kappa shape index (κ1) is 10.6. The molecule has 60 valence electrons. The molecule has 0 N–H and O–H groups in total. The Morgan fingerprint density at radius 3 is 0.909 bits per heavy atom. The average molecular weight is 322 g/mol. The zero-order valence-electron chi connectivity index (χ0n) is 6.39. The van der Waals surface area contributed by atoms with E-state index in [4.69, 9.17) is 0 Å². The van der Waals surface area contributed by atoms with Gasteiger partial charge >= 0.3 is 0 Å². The summed E-state index contributed by atoms with van der Waals surface area (Å²) in [6.45, 7) is 0. The third-order valence-electron chi connectivity index (χ3n) is 1.31. The number of hydrogen-bond donors (Lipinski definition) is 0. The predicted molar refractivity (Wildman–Crippen MR) is 45.8 cm³/mol. The summed E-state index contributed by atoms with van der Waals surface area (Å²) in [6, 6.07) is 0. The molecule has 0 nitrogen and oxygen atoms in total. The van der Waals surface area contributed by atoms with Gasteiger partial charge in [0.1, 0.15) is 0 Å². The second-order valence-corrected chi connectivity index (χ2v) is 2.18. The summed E-state index contributed by atoms with van der Waals surface area (Å²) in [4.78, 5) is 0. The van der Waals surface area contributed by atoms with Crippen molar-refractivity contribution >= 4 is 0 Å². The van der Waals surface area contributed by atoms with Crippen molar-refractivity contribution in [3.63, 3.8) is 0 Å². The van der Waals surface area contributed by atoms with Gasteiger partial charge in [-0.05, 0) is 12.8 Å². The van der Waals surface area contributed by atoms with Gasteiger partial charge < -0.3 is 0 Å². The van der Waals surface area contributed by atoms with Gasteiger partial charge in [0, 0.05) is 19.8 Å². The van der Waals surface area contributed by atoms with Crippen molar-refractivity contribution in [3.05, 3.63) is 48.6 Å². The van der Waals surface area contributed by atoms with Gasteiger partial charge in [-0.1, -0.05) is 48.6 Å². The Morgan fingerprint density at radius 1 is 0.545 bits per heavy atom. The Hall–Kier alpha value is -0.404. The topological polar surface area (TPSA) is 0 Å². The molecule has 0 spiro atoms. The summed E-state index contributed by atoms with van der Waals surface area (Å²) < 4.78 is 0. The molecule has 0 saturated heterocycles. The van der Waals surface area contributed by atoms with Gasteiger partial charge in [0.15, 0.2) is 0 Å². The molecule has 0 bridgehead atoms. The largest absolute Gasteiger partial charge is 0.0808 e. The van der Waals surface area contributed by atoms with Gasteiger partial charge in [0.2, 0.25) is 0 Å². The number of allylic oxidation sites excluding steroid dienone is 8. The van der Waals surface area contributed by atoms with Crippen molar-refractivity contribution in [2.24, 2.45) is 0 Å². The summed E-state index contributed by atoms with van der Waals surface area (Å²) in [5, 5.41) is 0. The standard InChI is InChI=1S/2C5H6.Os/c2*1-2-4-5-3-1;/h2*1-4H,5H2;. The summed E-state index contributed by atoms with van der Waals surface area (Å²) in [7, 11) is 0. The fourth-order valence-corrected chi connectivity index (χ4v) is 0.786. The fourth-order valence-electron chi connectivity index (χ4n) is 0.786. The molecule has 1 heteroatoms. The molecule has 0 radical (unpaired) electrons. The van der Waals surface area contributed by atoms with Crippen molar-refractivity contribution in [2.45, 2.75) is 12.8 Å². The van der Waals surface area contributed by atoms with Crippen molar-refractivity contribution < 1.29 is 19.8 Å². The Kier molecular flexibility index (Phi) is 7.42. The van der Waals surface area contributed by atoms with Gasteiger partial charge in [0.05, 0.1) is 0 Å². The normalized spacial score (nSPS) is 16.0. The molecule has 0 atom stereocenters. The second-order valence-electron chi connectivity index (χ2n) is 2.18. The van der Waals surface area contributed by atoms with E-state index in [1.165, 1.54) is 0 Å². The van der Waals surface area contributed by atoms with Crippen LogP contribution in [-0.4, -0.2) is 0 Å². The molecule has 0 amide bonds. The molecule has 0 aromatic heterocycles. The minimum atomic E-state index is 0. The van der Waals surface area contributed by atoms with Gasteiger partial charge in [-0.2, -0.15) is 0 Å². The van der Waals surface area contributed by atoms with Crippen LogP contribution in [0.25, 0.3) is 0 Å². The predicted octanol–water partition coefficient (Wildman–Crippen LogP) is 3.00. The molecule has 0 aromatic rings. The Morgan fingerprint density at radius 2 is 0.818 bits per heavy atom. The van der Waals surface area contributed by atoms with Crippen LogP contribution in [-0.2, 0) is 19.8 Å². The molecule has 2 aliphatic rings. The summed E-state index contributed by atoms with van der Waals surface area (Å²) in [5.41, 5.74) is 0.